The molecule has 6 heteroatoms. The zero-order chi connectivity index (χ0) is 19.7. The van der Waals surface area contributed by atoms with Crippen molar-refractivity contribution in [1.82, 2.24) is 0 Å². The number of nitrogens with one attached hydrogen (secondary N) is 2. The summed E-state index contributed by atoms with van der Waals surface area (Å²) in [7, 11) is 3.84. The average Bonchev–Trinajstić information content (AvgIpc) is 3.05. The quantitative estimate of drug-likeness (QED) is 0.729. The molecule has 1 aromatic heterocycles. The van der Waals surface area contributed by atoms with E-state index in [9.17, 15) is 4.79 Å². The Morgan fingerprint density at radius 1 is 1.18 bits per heavy atom. The summed E-state index contributed by atoms with van der Waals surface area (Å²) in [6.07, 6.45) is 0. The van der Waals surface area contributed by atoms with E-state index < -0.39 is 0 Å². The first kappa shape index (κ1) is 18.4. The van der Waals surface area contributed by atoms with Gasteiger partial charge in [-0.05, 0) is 37.3 Å². The van der Waals surface area contributed by atoms with Crippen LogP contribution in [0.15, 0.2) is 46.9 Å². The Morgan fingerprint density at radius 3 is 2.68 bits per heavy atom. The van der Waals surface area contributed by atoms with E-state index >= 15 is 0 Å². The third kappa shape index (κ3) is 3.43. The number of hydrogen-bond donors (Lipinski definition) is 2. The number of aryl methyl sites for hydroxylation is 1. The Morgan fingerprint density at radius 2 is 1.93 bits per heavy atom. The highest BCUT2D eigenvalue weighted by atomic mass is 16.5. The second-order valence-corrected chi connectivity index (χ2v) is 7.33. The number of methoxy groups -OCH3 is 1. The molecule has 1 aliphatic heterocycles. The maximum absolute atomic E-state index is 13.0. The first-order valence-corrected chi connectivity index (χ1v) is 9.60. The topological polar surface area (TPSA) is 59.1 Å². The molecular weight excluding hydrogens is 354 g/mol. The van der Waals surface area contributed by atoms with Crippen LogP contribution in [0.3, 0.4) is 0 Å². The molecule has 0 spiro atoms. The Balaban J connectivity index is 1.61. The van der Waals surface area contributed by atoms with Crippen LogP contribution in [0.4, 0.5) is 11.4 Å². The van der Waals surface area contributed by atoms with E-state index in [1.807, 2.05) is 43.3 Å². The van der Waals surface area contributed by atoms with Gasteiger partial charge in [0.05, 0.1) is 51.7 Å². The molecule has 6 nitrogen and oxygen atoms in total. The van der Waals surface area contributed by atoms with Crippen LogP contribution >= 0.6 is 0 Å². The fourth-order valence-electron chi connectivity index (χ4n) is 3.71. The van der Waals surface area contributed by atoms with Crippen molar-refractivity contribution in [2.24, 2.45) is 0 Å². The molecule has 0 atom stereocenters. The van der Waals surface area contributed by atoms with Crippen LogP contribution in [-0.4, -0.2) is 46.2 Å². The number of nitrogens with zero attached hydrogens (tertiary/aromatic N) is 1. The van der Waals surface area contributed by atoms with Gasteiger partial charge in [-0.15, -0.1) is 0 Å². The number of benzene rings is 2. The number of quaternary nitrogens is 1. The van der Waals surface area contributed by atoms with Crippen LogP contribution in [-0.2, 0) is 0 Å². The molecule has 1 amide bonds. The third-order valence-corrected chi connectivity index (χ3v) is 5.46. The van der Waals surface area contributed by atoms with Gasteiger partial charge in [-0.25, -0.2) is 0 Å². The van der Waals surface area contributed by atoms with Gasteiger partial charge < -0.3 is 24.3 Å². The van der Waals surface area contributed by atoms with Gasteiger partial charge in [-0.3, -0.25) is 4.79 Å². The summed E-state index contributed by atoms with van der Waals surface area (Å²) in [5.41, 5.74) is 3.36. The Kier molecular flexibility index (Phi) is 4.96. The molecule has 0 unspecified atom stereocenters. The number of anilines is 2. The molecule has 1 fully saturated rings. The van der Waals surface area contributed by atoms with Crippen molar-refractivity contribution in [2.75, 3.05) is 50.6 Å². The fourth-order valence-corrected chi connectivity index (χ4v) is 3.71. The average molecular weight is 380 g/mol. The van der Waals surface area contributed by atoms with Crippen LogP contribution in [0, 0.1) is 6.92 Å². The summed E-state index contributed by atoms with van der Waals surface area (Å²) in [6.45, 7) is 6.03. The van der Waals surface area contributed by atoms with E-state index in [1.165, 1.54) is 4.90 Å². The largest absolute Gasteiger partial charge is 0.497 e. The predicted octanol–water partition coefficient (Wildman–Crippen LogP) is 2.34. The summed E-state index contributed by atoms with van der Waals surface area (Å²) in [4.78, 5) is 16.9. The van der Waals surface area contributed by atoms with Gasteiger partial charge in [0, 0.05) is 10.9 Å². The predicted molar refractivity (Wildman–Crippen MR) is 111 cm³/mol. The first-order chi connectivity index (χ1) is 13.6. The minimum Gasteiger partial charge on any atom is -0.497 e. The van der Waals surface area contributed by atoms with Crippen molar-refractivity contribution < 1.29 is 18.8 Å². The molecule has 1 saturated heterocycles. The zero-order valence-electron chi connectivity index (χ0n) is 16.5. The zero-order valence-corrected chi connectivity index (χ0v) is 16.5. The van der Waals surface area contributed by atoms with Gasteiger partial charge >= 0.3 is 0 Å². The normalized spacial score (nSPS) is 15.0. The number of amides is 1. The van der Waals surface area contributed by atoms with Crippen molar-refractivity contribution in [2.45, 2.75) is 6.92 Å². The summed E-state index contributed by atoms with van der Waals surface area (Å²) < 4.78 is 11.1. The highest BCUT2D eigenvalue weighted by molar-refractivity contribution is 6.07. The lowest BCUT2D eigenvalue weighted by Gasteiger charge is -2.32. The number of carbonyl (C=O) groups excluding carboxylic acids is 1. The van der Waals surface area contributed by atoms with Gasteiger partial charge in [-0.2, -0.15) is 0 Å². The second kappa shape index (κ2) is 7.56. The van der Waals surface area contributed by atoms with E-state index in [4.69, 9.17) is 9.15 Å². The van der Waals surface area contributed by atoms with E-state index in [1.54, 1.807) is 7.11 Å². The van der Waals surface area contributed by atoms with Crippen LogP contribution in [0.2, 0.25) is 0 Å². The van der Waals surface area contributed by atoms with Gasteiger partial charge in [0.1, 0.15) is 11.3 Å². The highest BCUT2D eigenvalue weighted by Crippen LogP contribution is 2.31. The van der Waals surface area contributed by atoms with Gasteiger partial charge in [0.2, 0.25) is 0 Å². The highest BCUT2D eigenvalue weighted by Gasteiger charge is 2.22. The molecule has 3 aromatic rings. The molecule has 2 heterocycles. The molecule has 4 rings (SSSR count). The number of rotatable bonds is 4. The van der Waals surface area contributed by atoms with Crippen LogP contribution < -0.4 is 19.9 Å². The molecule has 0 aliphatic carbocycles. The third-order valence-electron chi connectivity index (χ3n) is 5.46. The minimum absolute atomic E-state index is 0.236. The van der Waals surface area contributed by atoms with Gasteiger partial charge in [0.15, 0.2) is 5.76 Å². The van der Waals surface area contributed by atoms with Crippen molar-refractivity contribution >= 4 is 28.3 Å². The SMILES string of the molecule is COc1ccc2oc(C(=O)Nc3ccccc3N3CC[NH+](C)CC3)c(C)c2c1. The number of hydrogen-bond acceptors (Lipinski definition) is 4. The smallest absolute Gasteiger partial charge is 0.291 e. The second-order valence-electron chi connectivity index (χ2n) is 7.33. The lowest BCUT2D eigenvalue weighted by molar-refractivity contribution is -0.880. The summed E-state index contributed by atoms with van der Waals surface area (Å²) in [6, 6.07) is 13.5. The van der Waals surface area contributed by atoms with Crippen molar-refractivity contribution in [3.05, 3.63) is 53.8 Å². The van der Waals surface area contributed by atoms with Crippen molar-refractivity contribution in [1.29, 1.82) is 0 Å². The maximum Gasteiger partial charge on any atom is 0.291 e. The van der Waals surface area contributed by atoms with E-state index in [2.05, 4.69) is 23.3 Å². The number of fused-ring (bicyclic) bond motifs is 1. The number of likely N-dealkylation sites (N-methyl/N-ethyl adjacent to an activating group) is 1. The lowest BCUT2D eigenvalue weighted by atomic mass is 10.1. The number of para-hydroxylation sites is 2. The van der Waals surface area contributed by atoms with Gasteiger partial charge in [-0.1, -0.05) is 12.1 Å². The molecule has 2 N–H and O–H groups in total. The molecule has 1 aliphatic rings. The fraction of sp³-hybridized carbons (Fsp3) is 0.318. The molecule has 0 bridgehead atoms. The van der Waals surface area contributed by atoms with Crippen molar-refractivity contribution in [3.8, 4) is 5.75 Å². The summed E-state index contributed by atoms with van der Waals surface area (Å²) >= 11 is 0. The summed E-state index contributed by atoms with van der Waals surface area (Å²) in [5, 5.41) is 3.94. The minimum atomic E-state index is -0.236. The van der Waals surface area contributed by atoms with Crippen LogP contribution in [0.5, 0.6) is 5.75 Å². The van der Waals surface area contributed by atoms with Crippen LogP contribution in [0.1, 0.15) is 16.1 Å². The number of piperazine rings is 1. The first-order valence-electron chi connectivity index (χ1n) is 9.60. The number of furan rings is 1. The Bertz CT molecular complexity index is 1000. The number of carbonyl (C=O) groups is 1. The maximum atomic E-state index is 13.0. The van der Waals surface area contributed by atoms with Crippen molar-refractivity contribution in [3.63, 3.8) is 0 Å². The Hall–Kier alpha value is -2.99. The van der Waals surface area contributed by atoms with Crippen LogP contribution in [0.25, 0.3) is 11.0 Å². The standard InChI is InChI=1S/C22H25N3O3/c1-15-17-14-16(27-3)8-9-20(17)28-21(15)22(26)23-18-6-4-5-7-19(18)25-12-10-24(2)11-13-25/h4-9,14H,10-13H2,1-3H3,(H,23,26)/p+1. The Labute approximate surface area is 164 Å². The number of ether oxygens (including phenoxy) is 1. The van der Waals surface area contributed by atoms with E-state index in [0.29, 0.717) is 11.3 Å². The lowest BCUT2D eigenvalue weighted by Crippen LogP contribution is -3.12. The molecule has 146 valence electrons. The van der Waals surface area contributed by atoms with E-state index in [0.717, 1.165) is 54.3 Å². The molecule has 0 radical (unpaired) electrons. The monoisotopic (exact) mass is 380 g/mol. The molecule has 2 aromatic carbocycles. The molecule has 0 saturated carbocycles. The van der Waals surface area contributed by atoms with E-state index in [-0.39, 0.29) is 5.91 Å². The molecular formula is C22H26N3O3+. The summed E-state index contributed by atoms with van der Waals surface area (Å²) in [5.74, 6) is 0.839. The van der Waals surface area contributed by atoms with Gasteiger partial charge in [0.25, 0.3) is 5.91 Å². The molecule has 28 heavy (non-hydrogen) atoms.